The van der Waals surface area contributed by atoms with Gasteiger partial charge in [-0.05, 0) is 105 Å². The van der Waals surface area contributed by atoms with Crippen LogP contribution in [0.1, 0.15) is 0 Å². The third-order valence-electron chi connectivity index (χ3n) is 10.8. The number of hydrogen-bond donors (Lipinski definition) is 0. The lowest BCUT2D eigenvalue weighted by Crippen LogP contribution is -2.09. The fourth-order valence-electron chi connectivity index (χ4n) is 8.22. The van der Waals surface area contributed by atoms with E-state index in [-0.39, 0.29) is 0 Å². The number of hydrogen-bond acceptors (Lipinski definition) is 3. The Morgan fingerprint density at radius 3 is 1.69 bits per heavy atom. The van der Waals surface area contributed by atoms with Gasteiger partial charge in [0.1, 0.15) is 22.3 Å². The summed E-state index contributed by atoms with van der Waals surface area (Å²) >= 11 is 0. The summed E-state index contributed by atoms with van der Waals surface area (Å²) in [5.74, 6) is 0. The molecule has 11 aromatic rings. The molecule has 0 aliphatic heterocycles. The number of furan rings is 2. The molecule has 0 saturated heterocycles. The van der Waals surface area contributed by atoms with Crippen LogP contribution in [0.2, 0.25) is 0 Å². The van der Waals surface area contributed by atoms with Crippen molar-refractivity contribution in [2.24, 2.45) is 0 Å². The van der Waals surface area contributed by atoms with E-state index in [0.717, 1.165) is 77.5 Å². The molecule has 2 heterocycles. The quantitative estimate of drug-likeness (QED) is 0.173. The van der Waals surface area contributed by atoms with Crippen molar-refractivity contribution in [3.63, 3.8) is 0 Å². The van der Waals surface area contributed by atoms with Crippen LogP contribution in [-0.4, -0.2) is 0 Å². The number of nitrogens with zero attached hydrogens (tertiary/aromatic N) is 1. The van der Waals surface area contributed by atoms with Gasteiger partial charge in [-0.2, -0.15) is 0 Å². The van der Waals surface area contributed by atoms with Crippen LogP contribution in [0, 0.1) is 0 Å². The smallest absolute Gasteiger partial charge is 0.143 e. The molecule has 0 aliphatic rings. The molecule has 258 valence electrons. The van der Waals surface area contributed by atoms with Crippen molar-refractivity contribution in [2.45, 2.75) is 0 Å². The predicted molar refractivity (Wildman–Crippen MR) is 229 cm³/mol. The molecule has 11 rings (SSSR count). The number of fused-ring (bicyclic) bond motifs is 8. The molecule has 0 unspecified atom stereocenters. The van der Waals surface area contributed by atoms with E-state index >= 15 is 0 Å². The van der Waals surface area contributed by atoms with E-state index in [1.54, 1.807) is 0 Å². The summed E-state index contributed by atoms with van der Waals surface area (Å²) in [5.41, 5.74) is 13.7. The van der Waals surface area contributed by atoms with E-state index in [0.29, 0.717) is 0 Å². The van der Waals surface area contributed by atoms with Crippen molar-refractivity contribution in [3.05, 3.63) is 200 Å². The highest BCUT2D eigenvalue weighted by atomic mass is 16.3. The van der Waals surface area contributed by atoms with Crippen LogP contribution in [0.5, 0.6) is 0 Å². The normalized spacial score (nSPS) is 11.6. The minimum atomic E-state index is 0.847. The standard InChI is InChI=1S/C52H33NO2/c1-3-13-34(14-4-1)35-15-11-17-38(29-35)47-33-48-45-28-26-41(32-51(45)55-52(48)46-23-8-7-21-42(46)47)53(39-18-5-2-6-19-39)40-20-12-16-36(30-40)37-25-27-44-43-22-9-10-24-49(43)54-50(44)31-37/h1-33H. The fourth-order valence-corrected chi connectivity index (χ4v) is 8.22. The van der Waals surface area contributed by atoms with Crippen LogP contribution < -0.4 is 4.90 Å². The SMILES string of the molecule is c1ccc(-c2cccc(-c3cc4c5ccc(N(c6ccccc6)c6cccc(-c7ccc8c(c7)oc7ccccc78)c6)cc5oc4c4ccccc34)c2)cc1. The molecular formula is C52H33NO2. The largest absolute Gasteiger partial charge is 0.456 e. The van der Waals surface area contributed by atoms with Gasteiger partial charge in [0.15, 0.2) is 0 Å². The number of benzene rings is 9. The van der Waals surface area contributed by atoms with Gasteiger partial charge < -0.3 is 13.7 Å². The molecule has 0 amide bonds. The van der Waals surface area contributed by atoms with E-state index < -0.39 is 0 Å². The van der Waals surface area contributed by atoms with Gasteiger partial charge in [0.2, 0.25) is 0 Å². The van der Waals surface area contributed by atoms with Gasteiger partial charge >= 0.3 is 0 Å². The topological polar surface area (TPSA) is 29.5 Å². The van der Waals surface area contributed by atoms with Crippen LogP contribution in [0.4, 0.5) is 17.1 Å². The maximum atomic E-state index is 6.83. The summed E-state index contributed by atoms with van der Waals surface area (Å²) in [6.45, 7) is 0. The molecule has 0 fully saturated rings. The van der Waals surface area contributed by atoms with Gasteiger partial charge in [0.05, 0.1) is 0 Å². The molecule has 2 aromatic heterocycles. The lowest BCUT2D eigenvalue weighted by molar-refractivity contribution is 0.669. The Kier molecular flexibility index (Phi) is 7.17. The molecule has 0 saturated carbocycles. The molecule has 0 N–H and O–H groups in total. The molecule has 0 atom stereocenters. The second-order valence-electron chi connectivity index (χ2n) is 14.1. The highest BCUT2D eigenvalue weighted by Gasteiger charge is 2.19. The van der Waals surface area contributed by atoms with Gasteiger partial charge in [-0.1, -0.05) is 127 Å². The van der Waals surface area contributed by atoms with Gasteiger partial charge in [-0.3, -0.25) is 0 Å². The summed E-state index contributed by atoms with van der Waals surface area (Å²) in [7, 11) is 0. The van der Waals surface area contributed by atoms with Crippen LogP contribution in [0.25, 0.3) is 88.0 Å². The Balaban J connectivity index is 1.04. The lowest BCUT2D eigenvalue weighted by Gasteiger charge is -2.26. The zero-order valence-corrected chi connectivity index (χ0v) is 29.8. The first kappa shape index (κ1) is 31.2. The van der Waals surface area contributed by atoms with Crippen molar-refractivity contribution in [3.8, 4) is 33.4 Å². The molecule has 0 bridgehead atoms. The minimum absolute atomic E-state index is 0.847. The zero-order chi connectivity index (χ0) is 36.3. The van der Waals surface area contributed by atoms with Crippen LogP contribution >= 0.6 is 0 Å². The summed E-state index contributed by atoms with van der Waals surface area (Å²) in [6.07, 6.45) is 0. The summed E-state index contributed by atoms with van der Waals surface area (Å²) in [5, 5.41) is 6.73. The second kappa shape index (κ2) is 12.6. The third-order valence-corrected chi connectivity index (χ3v) is 10.8. The first-order valence-electron chi connectivity index (χ1n) is 18.7. The van der Waals surface area contributed by atoms with Crippen molar-refractivity contribution >= 4 is 71.7 Å². The Labute approximate surface area is 317 Å². The molecule has 0 aliphatic carbocycles. The van der Waals surface area contributed by atoms with Crippen LogP contribution in [0.15, 0.2) is 209 Å². The molecule has 9 aromatic carbocycles. The minimum Gasteiger partial charge on any atom is -0.456 e. The predicted octanol–water partition coefficient (Wildman–Crippen LogP) is 15.1. The monoisotopic (exact) mass is 703 g/mol. The van der Waals surface area contributed by atoms with Gasteiger partial charge in [0.25, 0.3) is 0 Å². The first-order valence-corrected chi connectivity index (χ1v) is 18.7. The highest BCUT2D eigenvalue weighted by Crippen LogP contribution is 2.44. The number of para-hydroxylation sites is 2. The van der Waals surface area contributed by atoms with E-state index in [1.165, 1.54) is 27.6 Å². The van der Waals surface area contributed by atoms with E-state index in [4.69, 9.17) is 8.83 Å². The molecule has 0 radical (unpaired) electrons. The Morgan fingerprint density at radius 2 is 0.836 bits per heavy atom. The van der Waals surface area contributed by atoms with Crippen molar-refractivity contribution in [1.29, 1.82) is 0 Å². The Bertz CT molecular complexity index is 3210. The highest BCUT2D eigenvalue weighted by molar-refractivity contribution is 6.19. The zero-order valence-electron chi connectivity index (χ0n) is 29.8. The lowest BCUT2D eigenvalue weighted by atomic mass is 9.93. The Hall–Kier alpha value is -7.36. The van der Waals surface area contributed by atoms with E-state index in [2.05, 4.69) is 193 Å². The Morgan fingerprint density at radius 1 is 0.273 bits per heavy atom. The van der Waals surface area contributed by atoms with E-state index in [9.17, 15) is 0 Å². The summed E-state index contributed by atoms with van der Waals surface area (Å²) in [6, 6.07) is 70.9. The first-order chi connectivity index (χ1) is 27.2. The van der Waals surface area contributed by atoms with Gasteiger partial charge in [0, 0.05) is 50.1 Å². The fraction of sp³-hybridized carbons (Fsp3) is 0. The molecule has 3 nitrogen and oxygen atoms in total. The maximum absolute atomic E-state index is 6.83. The van der Waals surface area contributed by atoms with Crippen LogP contribution in [0.3, 0.4) is 0 Å². The van der Waals surface area contributed by atoms with Gasteiger partial charge in [-0.25, -0.2) is 0 Å². The number of rotatable bonds is 6. The van der Waals surface area contributed by atoms with Gasteiger partial charge in [-0.15, -0.1) is 0 Å². The van der Waals surface area contributed by atoms with E-state index in [1.807, 2.05) is 12.1 Å². The molecule has 55 heavy (non-hydrogen) atoms. The molecular weight excluding hydrogens is 671 g/mol. The molecule has 0 spiro atoms. The average molecular weight is 704 g/mol. The molecule has 3 heteroatoms. The third kappa shape index (κ3) is 5.28. The summed E-state index contributed by atoms with van der Waals surface area (Å²) < 4.78 is 13.1. The van der Waals surface area contributed by atoms with Crippen molar-refractivity contribution in [1.82, 2.24) is 0 Å². The van der Waals surface area contributed by atoms with Crippen LogP contribution in [-0.2, 0) is 0 Å². The maximum Gasteiger partial charge on any atom is 0.143 e. The number of anilines is 3. The summed E-state index contributed by atoms with van der Waals surface area (Å²) in [4.78, 5) is 2.30. The average Bonchev–Trinajstić information content (AvgIpc) is 3.82. The van der Waals surface area contributed by atoms with Crippen molar-refractivity contribution in [2.75, 3.05) is 4.90 Å². The van der Waals surface area contributed by atoms with Crippen molar-refractivity contribution < 1.29 is 8.83 Å². The second-order valence-corrected chi connectivity index (χ2v) is 14.1.